The molecule has 0 aliphatic heterocycles. The van der Waals surface area contributed by atoms with Crippen LogP contribution in [0.2, 0.25) is 5.02 Å². The first-order chi connectivity index (χ1) is 15.3. The summed E-state index contributed by atoms with van der Waals surface area (Å²) in [6.45, 7) is 7.02. The largest absolute Gasteiger partial charge is 0.491 e. The minimum absolute atomic E-state index is 0.199. The lowest BCUT2D eigenvalue weighted by atomic mass is 9.78. The van der Waals surface area contributed by atoms with E-state index in [4.69, 9.17) is 21.1 Å². The van der Waals surface area contributed by atoms with Gasteiger partial charge in [0.1, 0.15) is 30.8 Å². The summed E-state index contributed by atoms with van der Waals surface area (Å²) < 4.78 is 13.2. The molecule has 0 aliphatic rings. The maximum absolute atomic E-state index is 10.1. The van der Waals surface area contributed by atoms with Crippen LogP contribution in [0.5, 0.6) is 11.5 Å². The zero-order valence-electron chi connectivity index (χ0n) is 18.7. The average Bonchev–Trinajstić information content (AvgIpc) is 3.29. The van der Waals surface area contributed by atoms with E-state index >= 15 is 0 Å². The topological polar surface area (TPSA) is 76.7 Å². The summed E-state index contributed by atoms with van der Waals surface area (Å²) in [6, 6.07) is 13.6. The molecule has 1 heterocycles. The van der Waals surface area contributed by atoms with Crippen molar-refractivity contribution in [2.24, 2.45) is 0 Å². The second kappa shape index (κ2) is 10.9. The summed E-state index contributed by atoms with van der Waals surface area (Å²) in [4.78, 5) is 3.97. The molecule has 3 aromatic rings. The Kier molecular flexibility index (Phi) is 8.18. The van der Waals surface area contributed by atoms with Gasteiger partial charge in [0, 0.05) is 17.8 Å². The molecule has 2 aromatic carbocycles. The number of hydrogen-bond donors (Lipinski definition) is 2. The minimum Gasteiger partial charge on any atom is -0.491 e. The van der Waals surface area contributed by atoms with Gasteiger partial charge in [-0.05, 0) is 41.8 Å². The predicted octanol–water partition coefficient (Wildman–Crippen LogP) is 4.45. The maximum atomic E-state index is 10.1. The van der Waals surface area contributed by atoms with Gasteiger partial charge in [-0.25, -0.2) is 4.98 Å². The number of aromatic nitrogens is 2. The van der Waals surface area contributed by atoms with Gasteiger partial charge in [-0.1, -0.05) is 50.6 Å². The van der Waals surface area contributed by atoms with Crippen molar-refractivity contribution in [2.45, 2.75) is 51.4 Å². The fraction of sp³-hybridized carbons (Fsp3) is 0.400. The summed E-state index contributed by atoms with van der Waals surface area (Å²) >= 11 is 6.44. The Labute approximate surface area is 194 Å². The van der Waals surface area contributed by atoms with Crippen molar-refractivity contribution in [2.75, 3.05) is 13.2 Å². The second-order valence-electron chi connectivity index (χ2n) is 8.39. The molecule has 0 saturated heterocycles. The molecule has 0 saturated carbocycles. The molecule has 0 aliphatic carbocycles. The van der Waals surface area contributed by atoms with Gasteiger partial charge in [-0.2, -0.15) is 0 Å². The van der Waals surface area contributed by atoms with E-state index in [1.165, 1.54) is 0 Å². The Morgan fingerprint density at radius 1 is 1.00 bits per heavy atom. The highest BCUT2D eigenvalue weighted by molar-refractivity contribution is 6.32. The van der Waals surface area contributed by atoms with E-state index in [9.17, 15) is 10.2 Å². The van der Waals surface area contributed by atoms with E-state index in [2.05, 4.69) is 18.8 Å². The highest BCUT2D eigenvalue weighted by Gasteiger charge is 2.24. The van der Waals surface area contributed by atoms with Crippen LogP contribution >= 0.6 is 11.6 Å². The third-order valence-corrected chi connectivity index (χ3v) is 5.85. The van der Waals surface area contributed by atoms with Crippen molar-refractivity contribution in [3.05, 3.63) is 77.3 Å². The number of benzene rings is 2. The Bertz CT molecular complexity index is 974. The monoisotopic (exact) mass is 458 g/mol. The molecule has 0 bridgehead atoms. The third kappa shape index (κ3) is 6.25. The molecule has 2 N–H and O–H groups in total. The van der Waals surface area contributed by atoms with E-state index in [1.807, 2.05) is 54.0 Å². The van der Waals surface area contributed by atoms with Gasteiger partial charge < -0.3 is 24.3 Å². The van der Waals surface area contributed by atoms with Crippen molar-refractivity contribution in [3.63, 3.8) is 0 Å². The highest BCUT2D eigenvalue weighted by Crippen LogP contribution is 2.36. The van der Waals surface area contributed by atoms with Gasteiger partial charge in [0.15, 0.2) is 0 Å². The van der Waals surface area contributed by atoms with Crippen LogP contribution in [0.1, 0.15) is 38.3 Å². The van der Waals surface area contributed by atoms with Gasteiger partial charge in [-0.3, -0.25) is 0 Å². The van der Waals surface area contributed by atoms with E-state index in [0.717, 1.165) is 11.1 Å². The van der Waals surface area contributed by atoms with Crippen molar-refractivity contribution in [3.8, 4) is 11.5 Å². The average molecular weight is 459 g/mol. The molecule has 32 heavy (non-hydrogen) atoms. The standard InChI is InChI=1S/C25H31ClN2O4/c1-4-20(29)15-32-24-10-7-19(13-23(24)26)25(2,3)18-5-8-22(9-6-18)31-16-21(30)14-28-12-11-27-17-28/h5-13,17,20-21,29-30H,4,14-16H2,1-3H3. The van der Waals surface area contributed by atoms with Crippen LogP contribution < -0.4 is 9.47 Å². The Balaban J connectivity index is 1.62. The van der Waals surface area contributed by atoms with E-state index in [-0.39, 0.29) is 18.6 Å². The fourth-order valence-corrected chi connectivity index (χ4v) is 3.56. The third-order valence-electron chi connectivity index (χ3n) is 5.56. The lowest BCUT2D eigenvalue weighted by molar-refractivity contribution is 0.0924. The molecule has 0 fully saturated rings. The second-order valence-corrected chi connectivity index (χ2v) is 8.80. The molecular weight excluding hydrogens is 428 g/mol. The van der Waals surface area contributed by atoms with Crippen LogP contribution in [-0.2, 0) is 12.0 Å². The van der Waals surface area contributed by atoms with E-state index < -0.39 is 12.2 Å². The first kappa shape index (κ1) is 24.1. The van der Waals surface area contributed by atoms with Crippen LogP contribution in [0.3, 0.4) is 0 Å². The predicted molar refractivity (Wildman–Crippen MR) is 126 cm³/mol. The molecule has 0 amide bonds. The number of rotatable bonds is 11. The minimum atomic E-state index is -0.623. The van der Waals surface area contributed by atoms with Crippen molar-refractivity contribution >= 4 is 11.6 Å². The summed E-state index contributed by atoms with van der Waals surface area (Å²) in [7, 11) is 0. The van der Waals surface area contributed by atoms with E-state index in [0.29, 0.717) is 29.5 Å². The molecule has 0 spiro atoms. The molecule has 3 rings (SSSR count). The van der Waals surface area contributed by atoms with E-state index in [1.54, 1.807) is 18.7 Å². The van der Waals surface area contributed by atoms with Crippen LogP contribution in [0.15, 0.2) is 61.2 Å². The molecule has 2 atom stereocenters. The van der Waals surface area contributed by atoms with Crippen LogP contribution in [0.25, 0.3) is 0 Å². The zero-order valence-corrected chi connectivity index (χ0v) is 19.5. The van der Waals surface area contributed by atoms with Crippen LogP contribution in [-0.4, -0.2) is 45.2 Å². The molecular formula is C25H31ClN2O4. The Morgan fingerprint density at radius 2 is 1.69 bits per heavy atom. The van der Waals surface area contributed by atoms with Crippen LogP contribution in [0.4, 0.5) is 0 Å². The molecule has 1 aromatic heterocycles. The van der Waals surface area contributed by atoms with Gasteiger partial charge >= 0.3 is 0 Å². The Morgan fingerprint density at radius 3 is 2.31 bits per heavy atom. The molecule has 6 nitrogen and oxygen atoms in total. The first-order valence-electron chi connectivity index (χ1n) is 10.8. The van der Waals surface area contributed by atoms with Crippen molar-refractivity contribution < 1.29 is 19.7 Å². The molecule has 2 unspecified atom stereocenters. The van der Waals surface area contributed by atoms with Gasteiger partial charge in [-0.15, -0.1) is 0 Å². The summed E-state index contributed by atoms with van der Waals surface area (Å²) in [5.41, 5.74) is 1.87. The number of hydrogen-bond acceptors (Lipinski definition) is 5. The van der Waals surface area contributed by atoms with Gasteiger partial charge in [0.2, 0.25) is 0 Å². The lowest BCUT2D eigenvalue weighted by Crippen LogP contribution is -2.23. The van der Waals surface area contributed by atoms with Crippen molar-refractivity contribution in [1.29, 1.82) is 0 Å². The maximum Gasteiger partial charge on any atom is 0.138 e. The zero-order chi connectivity index (χ0) is 23.1. The first-order valence-corrected chi connectivity index (χ1v) is 11.2. The normalized spacial score (nSPS) is 13.6. The number of aliphatic hydroxyl groups is 2. The highest BCUT2D eigenvalue weighted by atomic mass is 35.5. The molecule has 7 heteroatoms. The Hall–Kier alpha value is -2.54. The summed E-state index contributed by atoms with van der Waals surface area (Å²) in [5.74, 6) is 1.27. The number of ether oxygens (including phenoxy) is 2. The summed E-state index contributed by atoms with van der Waals surface area (Å²) in [6.07, 6.45) is 4.65. The lowest BCUT2D eigenvalue weighted by Gasteiger charge is -2.27. The SMILES string of the molecule is CCC(O)COc1ccc(C(C)(C)c2ccc(OCC(O)Cn3ccnc3)cc2)cc1Cl. The number of nitrogens with zero attached hydrogens (tertiary/aromatic N) is 2. The van der Waals surface area contributed by atoms with Crippen LogP contribution in [0, 0.1) is 0 Å². The number of imidazole rings is 1. The molecule has 0 radical (unpaired) electrons. The van der Waals surface area contributed by atoms with Gasteiger partial charge in [0.05, 0.1) is 24.0 Å². The smallest absolute Gasteiger partial charge is 0.138 e. The number of halogens is 1. The fourth-order valence-electron chi connectivity index (χ4n) is 3.33. The van der Waals surface area contributed by atoms with Crippen molar-refractivity contribution in [1.82, 2.24) is 9.55 Å². The molecule has 172 valence electrons. The number of aliphatic hydroxyl groups excluding tert-OH is 2. The van der Waals surface area contributed by atoms with Gasteiger partial charge in [0.25, 0.3) is 0 Å². The summed E-state index contributed by atoms with van der Waals surface area (Å²) in [5, 5.41) is 20.3. The quantitative estimate of drug-likeness (QED) is 0.444.